The lowest BCUT2D eigenvalue weighted by molar-refractivity contribution is -0.122. The van der Waals surface area contributed by atoms with Crippen molar-refractivity contribution in [3.8, 4) is 0 Å². The van der Waals surface area contributed by atoms with Crippen LogP contribution in [0.5, 0.6) is 0 Å². The van der Waals surface area contributed by atoms with E-state index in [2.05, 4.69) is 10.0 Å². The third-order valence-electron chi connectivity index (χ3n) is 2.85. The predicted octanol–water partition coefficient (Wildman–Crippen LogP) is 1.28. The zero-order valence-electron chi connectivity index (χ0n) is 10.5. The monoisotopic (exact) mass is 320 g/mol. The quantitative estimate of drug-likeness (QED) is 0.775. The summed E-state index contributed by atoms with van der Waals surface area (Å²) in [5.74, 6) is -0.908. The molecular weight excluding hydrogens is 307 g/mol. The largest absolute Gasteiger partial charge is 0.355 e. The molecule has 0 bridgehead atoms. The molecule has 1 saturated carbocycles. The molecule has 1 aliphatic rings. The summed E-state index contributed by atoms with van der Waals surface area (Å²) in [4.78, 5) is 10.9. The normalized spacial score (nSPS) is 15.1. The van der Waals surface area contributed by atoms with Crippen molar-refractivity contribution in [2.45, 2.75) is 17.7 Å². The van der Waals surface area contributed by atoms with Gasteiger partial charge in [-0.1, -0.05) is 11.6 Å². The van der Waals surface area contributed by atoms with Crippen LogP contribution in [0.2, 0.25) is 5.02 Å². The van der Waals surface area contributed by atoms with Crippen LogP contribution < -0.4 is 10.0 Å². The molecule has 110 valence electrons. The van der Waals surface area contributed by atoms with E-state index in [0.717, 1.165) is 25.0 Å². The summed E-state index contributed by atoms with van der Waals surface area (Å²) in [6, 6.07) is 3.34. The van der Waals surface area contributed by atoms with Gasteiger partial charge in [-0.25, -0.2) is 17.5 Å². The summed E-state index contributed by atoms with van der Waals surface area (Å²) in [5, 5.41) is 2.73. The summed E-state index contributed by atoms with van der Waals surface area (Å²) in [6.07, 6.45) is 1.76. The van der Waals surface area contributed by atoms with E-state index in [0.29, 0.717) is 0 Å². The average molecular weight is 321 g/mol. The molecule has 2 N–H and O–H groups in total. The fraction of sp³-hybridized carbons (Fsp3) is 0.417. The van der Waals surface area contributed by atoms with Gasteiger partial charge >= 0.3 is 0 Å². The standard InChI is InChI=1S/C12H14ClFN2O3S/c13-9-3-4-11(10(14)7-9)20(18,19)16-6-5-15-12(17)8-1-2-8/h3-4,7-8,16H,1-2,5-6H2,(H,15,17). The van der Waals surface area contributed by atoms with E-state index in [9.17, 15) is 17.6 Å². The van der Waals surface area contributed by atoms with Crippen LogP contribution in [0.15, 0.2) is 23.1 Å². The van der Waals surface area contributed by atoms with Crippen molar-refractivity contribution in [3.05, 3.63) is 29.0 Å². The third kappa shape index (κ3) is 3.91. The zero-order valence-corrected chi connectivity index (χ0v) is 12.1. The lowest BCUT2D eigenvalue weighted by atomic mass is 10.3. The smallest absolute Gasteiger partial charge is 0.243 e. The second-order valence-corrected chi connectivity index (χ2v) is 6.71. The van der Waals surface area contributed by atoms with E-state index in [1.165, 1.54) is 6.07 Å². The predicted molar refractivity (Wildman–Crippen MR) is 72.3 cm³/mol. The van der Waals surface area contributed by atoms with E-state index in [1.807, 2.05) is 0 Å². The first-order valence-corrected chi connectivity index (χ1v) is 7.99. The van der Waals surface area contributed by atoms with Gasteiger partial charge in [0.1, 0.15) is 10.7 Å². The minimum absolute atomic E-state index is 0.00284. The second-order valence-electron chi connectivity index (χ2n) is 4.54. The molecule has 5 nitrogen and oxygen atoms in total. The maximum atomic E-state index is 13.5. The highest BCUT2D eigenvalue weighted by molar-refractivity contribution is 7.89. The molecule has 0 saturated heterocycles. The highest BCUT2D eigenvalue weighted by Crippen LogP contribution is 2.28. The van der Waals surface area contributed by atoms with Gasteiger partial charge in [0.2, 0.25) is 15.9 Å². The number of carbonyl (C=O) groups excluding carboxylic acids is 1. The molecule has 0 aromatic heterocycles. The molecule has 2 rings (SSSR count). The maximum Gasteiger partial charge on any atom is 0.243 e. The molecule has 1 aliphatic carbocycles. The van der Waals surface area contributed by atoms with Crippen molar-refractivity contribution in [1.29, 1.82) is 0 Å². The average Bonchev–Trinajstić information content (AvgIpc) is 3.18. The topological polar surface area (TPSA) is 75.3 Å². The number of amides is 1. The Morgan fingerprint density at radius 1 is 1.35 bits per heavy atom. The Kier molecular flexibility index (Phi) is 4.62. The molecular formula is C12H14ClFN2O3S. The fourth-order valence-electron chi connectivity index (χ4n) is 1.63. The summed E-state index contributed by atoms with van der Waals surface area (Å²) >= 11 is 5.56. The first-order chi connectivity index (χ1) is 9.40. The summed E-state index contributed by atoms with van der Waals surface area (Å²) in [5.41, 5.74) is 0. The van der Waals surface area contributed by atoms with Gasteiger partial charge in [-0.2, -0.15) is 0 Å². The highest BCUT2D eigenvalue weighted by atomic mass is 35.5. The van der Waals surface area contributed by atoms with Crippen LogP contribution in [0.1, 0.15) is 12.8 Å². The molecule has 0 radical (unpaired) electrons. The Labute approximate surface area is 121 Å². The molecule has 0 atom stereocenters. The van der Waals surface area contributed by atoms with Crippen molar-refractivity contribution in [3.63, 3.8) is 0 Å². The van der Waals surface area contributed by atoms with Gasteiger partial charge in [0, 0.05) is 24.0 Å². The minimum Gasteiger partial charge on any atom is -0.355 e. The zero-order chi connectivity index (χ0) is 14.8. The number of sulfonamides is 1. The first kappa shape index (κ1) is 15.2. The SMILES string of the molecule is O=C(NCCNS(=O)(=O)c1ccc(Cl)cc1F)C1CC1. The Balaban J connectivity index is 1.88. The molecule has 1 aromatic carbocycles. The minimum atomic E-state index is -3.95. The van der Waals surface area contributed by atoms with Crippen LogP contribution >= 0.6 is 11.6 Å². The van der Waals surface area contributed by atoms with Crippen molar-refractivity contribution in [2.75, 3.05) is 13.1 Å². The number of carbonyl (C=O) groups is 1. The van der Waals surface area contributed by atoms with E-state index < -0.39 is 20.7 Å². The van der Waals surface area contributed by atoms with Crippen LogP contribution in [0.3, 0.4) is 0 Å². The Hall–Kier alpha value is -1.18. The van der Waals surface area contributed by atoms with Gasteiger partial charge in [0.05, 0.1) is 0 Å². The summed E-state index contributed by atoms with van der Waals surface area (Å²) in [7, 11) is -3.95. The molecule has 1 amide bonds. The summed E-state index contributed by atoms with van der Waals surface area (Å²) in [6.45, 7) is 0.173. The molecule has 0 aliphatic heterocycles. The van der Waals surface area contributed by atoms with Crippen LogP contribution in [-0.4, -0.2) is 27.4 Å². The van der Waals surface area contributed by atoms with Crippen molar-refractivity contribution in [1.82, 2.24) is 10.0 Å². The molecule has 0 spiro atoms. The highest BCUT2D eigenvalue weighted by Gasteiger charge is 2.29. The second kappa shape index (κ2) is 6.07. The van der Waals surface area contributed by atoms with Crippen LogP contribution in [-0.2, 0) is 14.8 Å². The van der Waals surface area contributed by atoms with Gasteiger partial charge in [0.25, 0.3) is 0 Å². The van der Waals surface area contributed by atoms with Crippen LogP contribution in [0, 0.1) is 11.7 Å². The van der Waals surface area contributed by atoms with Gasteiger partial charge in [-0.3, -0.25) is 4.79 Å². The number of rotatable bonds is 6. The third-order valence-corrected chi connectivity index (χ3v) is 4.58. The van der Waals surface area contributed by atoms with Crippen LogP contribution in [0.4, 0.5) is 4.39 Å². The maximum absolute atomic E-state index is 13.5. The van der Waals surface area contributed by atoms with Crippen LogP contribution in [0.25, 0.3) is 0 Å². The van der Waals surface area contributed by atoms with Gasteiger partial charge < -0.3 is 5.32 Å². The lowest BCUT2D eigenvalue weighted by Crippen LogP contribution is -2.35. The molecule has 1 fully saturated rings. The molecule has 20 heavy (non-hydrogen) atoms. The van der Waals surface area contributed by atoms with E-state index in [-0.39, 0.29) is 29.9 Å². The number of hydrogen-bond acceptors (Lipinski definition) is 3. The molecule has 0 heterocycles. The number of hydrogen-bond donors (Lipinski definition) is 2. The Bertz CT molecular complexity index is 617. The summed E-state index contributed by atoms with van der Waals surface area (Å²) < 4.78 is 39.4. The molecule has 1 aromatic rings. The number of halogens is 2. The molecule has 0 unspecified atom stereocenters. The van der Waals surface area contributed by atoms with Crippen molar-refractivity contribution in [2.24, 2.45) is 5.92 Å². The Morgan fingerprint density at radius 2 is 2.05 bits per heavy atom. The van der Waals surface area contributed by atoms with Gasteiger partial charge in [0.15, 0.2) is 0 Å². The first-order valence-electron chi connectivity index (χ1n) is 6.12. The lowest BCUT2D eigenvalue weighted by Gasteiger charge is -2.08. The number of benzene rings is 1. The fourth-order valence-corrected chi connectivity index (χ4v) is 2.88. The number of nitrogens with one attached hydrogen (secondary N) is 2. The van der Waals surface area contributed by atoms with E-state index in [4.69, 9.17) is 11.6 Å². The van der Waals surface area contributed by atoms with Gasteiger partial charge in [-0.15, -0.1) is 0 Å². The molecule has 8 heteroatoms. The van der Waals surface area contributed by atoms with E-state index in [1.54, 1.807) is 0 Å². The van der Waals surface area contributed by atoms with Gasteiger partial charge in [-0.05, 0) is 31.0 Å². The van der Waals surface area contributed by atoms with E-state index >= 15 is 0 Å². The Morgan fingerprint density at radius 3 is 2.65 bits per heavy atom. The van der Waals surface area contributed by atoms with Crippen molar-refractivity contribution >= 4 is 27.5 Å². The van der Waals surface area contributed by atoms with Crippen molar-refractivity contribution < 1.29 is 17.6 Å².